The number of pyridine rings is 1. The highest BCUT2D eigenvalue weighted by Gasteiger charge is 2.13. The Morgan fingerprint density at radius 3 is 2.76 bits per heavy atom. The number of thioether (sulfide) groups is 1. The Labute approximate surface area is 126 Å². The third-order valence-electron chi connectivity index (χ3n) is 2.85. The van der Waals surface area contributed by atoms with Crippen molar-refractivity contribution in [1.82, 2.24) is 15.1 Å². The van der Waals surface area contributed by atoms with E-state index in [-0.39, 0.29) is 11.6 Å². The molecule has 0 amide bonds. The van der Waals surface area contributed by atoms with Crippen LogP contribution in [0.3, 0.4) is 0 Å². The van der Waals surface area contributed by atoms with Crippen LogP contribution < -0.4 is 0 Å². The normalized spacial score (nSPS) is 10.7. The van der Waals surface area contributed by atoms with E-state index in [0.29, 0.717) is 17.3 Å². The van der Waals surface area contributed by atoms with E-state index in [4.69, 9.17) is 4.52 Å². The first-order valence-electron chi connectivity index (χ1n) is 6.39. The van der Waals surface area contributed by atoms with Crippen LogP contribution in [-0.4, -0.2) is 20.2 Å². The van der Waals surface area contributed by atoms with Crippen LogP contribution in [0.15, 0.2) is 52.0 Å². The molecule has 1 aromatic carbocycles. The van der Waals surface area contributed by atoms with Gasteiger partial charge in [0.15, 0.2) is 11.5 Å². The average molecular weight is 299 g/mol. The summed E-state index contributed by atoms with van der Waals surface area (Å²) in [7, 11) is 0. The van der Waals surface area contributed by atoms with Crippen molar-refractivity contribution >= 4 is 11.8 Å². The molecular weight excluding hydrogens is 286 g/mol. The maximum absolute atomic E-state index is 9.71. The molecule has 0 radical (unpaired) electrons. The summed E-state index contributed by atoms with van der Waals surface area (Å²) in [5.74, 6) is 1.42. The summed E-state index contributed by atoms with van der Waals surface area (Å²) >= 11 is 1.63. The quantitative estimate of drug-likeness (QED) is 0.744. The maximum atomic E-state index is 9.71. The number of aromatic nitrogens is 3. The molecule has 0 spiro atoms. The minimum atomic E-state index is 0.0267. The van der Waals surface area contributed by atoms with Gasteiger partial charge in [0.2, 0.25) is 0 Å². The Bertz CT molecular complexity index is 741. The first kappa shape index (κ1) is 13.6. The lowest BCUT2D eigenvalue weighted by molar-refractivity contribution is 0.417. The van der Waals surface area contributed by atoms with Crippen molar-refractivity contribution < 1.29 is 9.63 Å². The lowest BCUT2D eigenvalue weighted by Crippen LogP contribution is -1.86. The van der Waals surface area contributed by atoms with Crippen molar-refractivity contribution in [1.29, 1.82) is 0 Å². The van der Waals surface area contributed by atoms with Crippen LogP contribution in [0.1, 0.15) is 11.4 Å². The predicted octanol–water partition coefficient (Wildman–Crippen LogP) is 3.44. The highest BCUT2D eigenvalue weighted by Crippen LogP contribution is 2.26. The van der Waals surface area contributed by atoms with E-state index in [1.54, 1.807) is 24.0 Å². The molecule has 0 fully saturated rings. The maximum Gasteiger partial charge on any atom is 0.280 e. The van der Waals surface area contributed by atoms with Crippen molar-refractivity contribution in [2.45, 2.75) is 17.6 Å². The second kappa shape index (κ2) is 5.97. The number of aryl methyl sites for hydroxylation is 1. The molecular formula is C15H13N3O2S. The van der Waals surface area contributed by atoms with E-state index in [1.165, 1.54) is 11.6 Å². The zero-order chi connectivity index (χ0) is 14.7. The summed E-state index contributed by atoms with van der Waals surface area (Å²) < 4.78 is 5.14. The van der Waals surface area contributed by atoms with Gasteiger partial charge in [0.25, 0.3) is 5.89 Å². The van der Waals surface area contributed by atoms with Gasteiger partial charge in [0.05, 0.1) is 5.75 Å². The Hall–Kier alpha value is -2.34. The van der Waals surface area contributed by atoms with Gasteiger partial charge >= 0.3 is 0 Å². The molecule has 0 unspecified atom stereocenters. The molecule has 21 heavy (non-hydrogen) atoms. The minimum Gasteiger partial charge on any atom is -0.505 e. The summed E-state index contributed by atoms with van der Waals surface area (Å²) in [6, 6.07) is 11.4. The number of nitrogens with zero attached hydrogens (tertiary/aromatic N) is 3. The average Bonchev–Trinajstić information content (AvgIpc) is 2.96. The summed E-state index contributed by atoms with van der Waals surface area (Å²) in [4.78, 5) is 9.44. The van der Waals surface area contributed by atoms with Crippen molar-refractivity contribution in [2.75, 3.05) is 0 Å². The van der Waals surface area contributed by atoms with Crippen molar-refractivity contribution in [3.8, 4) is 17.3 Å². The fourth-order valence-electron chi connectivity index (χ4n) is 1.75. The van der Waals surface area contributed by atoms with Crippen LogP contribution >= 0.6 is 11.8 Å². The zero-order valence-electron chi connectivity index (χ0n) is 11.4. The molecule has 0 bridgehead atoms. The van der Waals surface area contributed by atoms with E-state index in [9.17, 15) is 5.11 Å². The van der Waals surface area contributed by atoms with Gasteiger partial charge < -0.3 is 9.63 Å². The largest absolute Gasteiger partial charge is 0.505 e. The van der Waals surface area contributed by atoms with Crippen molar-refractivity contribution in [2.24, 2.45) is 0 Å². The van der Waals surface area contributed by atoms with Crippen LogP contribution in [-0.2, 0) is 5.75 Å². The Morgan fingerprint density at radius 2 is 2.00 bits per heavy atom. The van der Waals surface area contributed by atoms with Gasteiger partial charge in [-0.1, -0.05) is 22.9 Å². The van der Waals surface area contributed by atoms with Gasteiger partial charge in [-0.15, -0.1) is 11.8 Å². The number of aromatic hydroxyl groups is 1. The van der Waals surface area contributed by atoms with Crippen molar-refractivity contribution in [3.63, 3.8) is 0 Å². The van der Waals surface area contributed by atoms with E-state index in [2.05, 4.69) is 46.3 Å². The van der Waals surface area contributed by atoms with Gasteiger partial charge in [0, 0.05) is 11.1 Å². The van der Waals surface area contributed by atoms with E-state index < -0.39 is 0 Å². The highest BCUT2D eigenvalue weighted by atomic mass is 32.2. The molecule has 0 aliphatic rings. The smallest absolute Gasteiger partial charge is 0.280 e. The van der Waals surface area contributed by atoms with Crippen LogP contribution in [0.5, 0.6) is 5.75 Å². The van der Waals surface area contributed by atoms with Gasteiger partial charge in [-0.3, -0.25) is 0 Å². The standard InChI is InChI=1S/C15H13N3O2S/c1-10-4-6-11(7-5-10)21-9-13-17-15(20-18-13)14-12(19)3-2-8-16-14/h2-8,19H,9H2,1H3. The van der Waals surface area contributed by atoms with Gasteiger partial charge in [0.1, 0.15) is 5.75 Å². The molecule has 3 rings (SSSR count). The predicted molar refractivity (Wildman–Crippen MR) is 79.9 cm³/mol. The Balaban J connectivity index is 1.71. The topological polar surface area (TPSA) is 72.0 Å². The van der Waals surface area contributed by atoms with Crippen LogP contribution in [0.25, 0.3) is 11.6 Å². The molecule has 2 heterocycles. The first-order chi connectivity index (χ1) is 10.2. The molecule has 6 heteroatoms. The van der Waals surface area contributed by atoms with Gasteiger partial charge in [-0.05, 0) is 31.2 Å². The van der Waals surface area contributed by atoms with Gasteiger partial charge in [-0.25, -0.2) is 4.98 Å². The molecule has 5 nitrogen and oxygen atoms in total. The number of hydrogen-bond donors (Lipinski definition) is 1. The van der Waals surface area contributed by atoms with E-state index in [0.717, 1.165) is 4.90 Å². The second-order valence-corrected chi connectivity index (χ2v) is 5.54. The zero-order valence-corrected chi connectivity index (χ0v) is 12.2. The molecule has 106 valence electrons. The van der Waals surface area contributed by atoms with Crippen molar-refractivity contribution in [3.05, 3.63) is 54.0 Å². The summed E-state index contributed by atoms with van der Waals surface area (Å²) in [6.45, 7) is 2.05. The Kier molecular flexibility index (Phi) is 3.87. The highest BCUT2D eigenvalue weighted by molar-refractivity contribution is 7.98. The van der Waals surface area contributed by atoms with E-state index in [1.807, 2.05) is 0 Å². The summed E-state index contributed by atoms with van der Waals surface area (Å²) in [6.07, 6.45) is 1.57. The lowest BCUT2D eigenvalue weighted by atomic mass is 10.2. The Morgan fingerprint density at radius 1 is 1.19 bits per heavy atom. The number of hydrogen-bond acceptors (Lipinski definition) is 6. The van der Waals surface area contributed by atoms with Crippen LogP contribution in [0.2, 0.25) is 0 Å². The third-order valence-corrected chi connectivity index (χ3v) is 3.85. The summed E-state index contributed by atoms with van der Waals surface area (Å²) in [5.41, 5.74) is 1.53. The number of benzene rings is 1. The molecule has 0 saturated heterocycles. The lowest BCUT2D eigenvalue weighted by Gasteiger charge is -1.98. The number of rotatable bonds is 4. The molecule has 0 atom stereocenters. The molecule has 2 aromatic heterocycles. The monoisotopic (exact) mass is 299 g/mol. The fourth-order valence-corrected chi connectivity index (χ4v) is 2.49. The fraction of sp³-hybridized carbons (Fsp3) is 0.133. The summed E-state index contributed by atoms with van der Waals surface area (Å²) in [5, 5.41) is 13.6. The SMILES string of the molecule is Cc1ccc(SCc2noc(-c3ncccc3O)n2)cc1. The van der Waals surface area contributed by atoms with Gasteiger partial charge in [-0.2, -0.15) is 4.98 Å². The van der Waals surface area contributed by atoms with Crippen LogP contribution in [0, 0.1) is 6.92 Å². The molecule has 3 aromatic rings. The first-order valence-corrected chi connectivity index (χ1v) is 7.37. The minimum absolute atomic E-state index is 0.0267. The molecule has 0 aliphatic carbocycles. The molecule has 0 saturated carbocycles. The van der Waals surface area contributed by atoms with Crippen LogP contribution in [0.4, 0.5) is 0 Å². The van der Waals surface area contributed by atoms with E-state index >= 15 is 0 Å². The second-order valence-electron chi connectivity index (χ2n) is 4.49. The molecule has 1 N–H and O–H groups in total. The molecule has 0 aliphatic heterocycles. The third kappa shape index (κ3) is 3.22.